The Labute approximate surface area is 778 Å². The van der Waals surface area contributed by atoms with Crippen molar-refractivity contribution in [2.45, 2.75) is 85.2 Å². The molecule has 4 aliphatic rings. The SMILES string of the molecule is COc1cc(N(C)CCN(C)C)c(C)cc1Nc1ncc(Br)c(Nc2ccc3nccnc3c2P(C)(C)=O)n1.COc1cc(N2CCC(N3CCN(C)CC3)CC2)c(C)cc1Nc1ncc(C(C)C)c(Nc2ccc3nccnc3c2P(C)(C)=O)n1.COc1cc(N2CCC(N3CCN(C)CC3)CC2)c(C)cc1Nc1ncc(C)c(Nc2ccc3nccnc3c2P(C)(C)=O)n1. The Bertz CT molecular complexity index is 6230. The number of nitrogens with one attached hydrogen (secondary N) is 6. The predicted octanol–water partition coefficient (Wildman–Crippen LogP) is 16.0. The van der Waals surface area contributed by atoms with Gasteiger partial charge in [0.15, 0.2) is 0 Å². The summed E-state index contributed by atoms with van der Waals surface area (Å²) in [6.45, 7) is 38.3. The van der Waals surface area contributed by atoms with E-state index in [0.717, 1.165) is 116 Å². The van der Waals surface area contributed by atoms with Crippen molar-refractivity contribution in [2.75, 3.05) is 235 Å². The number of piperidine rings is 2. The van der Waals surface area contributed by atoms with Gasteiger partial charge in [-0.25, -0.2) is 15.0 Å². The van der Waals surface area contributed by atoms with Crippen molar-refractivity contribution in [3.63, 3.8) is 0 Å². The molecule has 32 nitrogen and oxygen atoms in total. The fourth-order valence-corrected chi connectivity index (χ4v) is 22.0. The molecule has 131 heavy (non-hydrogen) atoms. The third-order valence-electron chi connectivity index (χ3n) is 24.7. The summed E-state index contributed by atoms with van der Waals surface area (Å²) in [5.41, 5.74) is 17.1. The van der Waals surface area contributed by atoms with Gasteiger partial charge in [-0.05, 0) is 215 Å². The molecule has 0 spiro atoms. The zero-order chi connectivity index (χ0) is 93.3. The van der Waals surface area contributed by atoms with Crippen LogP contribution in [0, 0.1) is 27.7 Å². The standard InChI is InChI=1S/C35H48N9O2P.C33H44N9O2P.C27H34BrN8O2P/c1-23(2)26-22-38-35(41-34(26)39-28-9-8-27-32(37-13-12-36-27)33(28)47(6,7)45)40-29-20-24(3)30(21-31(29)46-5)44-14-10-25(11-15-44)43-18-16-42(4)17-19-43;1-22-19-27(29(44-4)20-28(22)42-13-9-24(10-14-42)41-17-15-40(3)16-18-41)38-33-36-21-23(2)32(39-33)37-26-8-7-25-30(35-12-11-34-25)31(26)45(5,6)43;1-17-14-21(23(38-5)15-22(17)36(4)13-12-35(2)3)33-27-31-16-18(28)26(34-27)32-20-9-8-19-24(30-11-10-29-19)25(20)39(6,7)37/h8-9,12-13,20-23,25H,10-11,14-19H2,1-7H3,(H2,38,39,40,41);7-8,11-12,19-21,24H,9-10,13-18H2,1-6H3,(H2,36,37,38,39);8-11,14-16H,12-13H2,1-7H3,(H2,31,32,33,34). The van der Waals surface area contributed by atoms with Crippen LogP contribution < -0.4 is 76.7 Å². The van der Waals surface area contributed by atoms with E-state index in [-0.39, 0.29) is 5.92 Å². The minimum atomic E-state index is -2.74. The molecular weight excluding hydrogens is 1770 g/mol. The number of aromatic nitrogens is 12. The molecule has 6 aromatic heterocycles. The van der Waals surface area contributed by atoms with Gasteiger partial charge in [-0.3, -0.25) is 39.7 Å². The molecule has 12 aromatic rings. The van der Waals surface area contributed by atoms with Crippen molar-refractivity contribution in [3.05, 3.63) is 161 Å². The maximum absolute atomic E-state index is 13.5. The number of hydrogen-bond donors (Lipinski definition) is 6. The summed E-state index contributed by atoms with van der Waals surface area (Å²) < 4.78 is 58.4. The zero-order valence-corrected chi connectivity index (χ0v) is 83.5. The van der Waals surface area contributed by atoms with Gasteiger partial charge in [0.1, 0.15) is 72.7 Å². The number of aryl methyl sites for hydroxylation is 4. The van der Waals surface area contributed by atoms with E-state index in [1.807, 2.05) is 61.7 Å². The molecule has 0 atom stereocenters. The molecule has 0 radical (unpaired) electrons. The van der Waals surface area contributed by atoms with E-state index in [1.165, 1.54) is 74.4 Å². The lowest BCUT2D eigenvalue weighted by molar-refractivity contribution is 0.0982. The highest BCUT2D eigenvalue weighted by Gasteiger charge is 2.33. The van der Waals surface area contributed by atoms with Crippen LogP contribution in [-0.4, -0.2) is 285 Å². The number of nitrogens with zero attached hydrogens (tertiary/aromatic N) is 20. The van der Waals surface area contributed by atoms with E-state index in [9.17, 15) is 13.7 Å². The molecule has 16 rings (SSSR count). The van der Waals surface area contributed by atoms with Crippen LogP contribution in [-0.2, 0) is 13.7 Å². The van der Waals surface area contributed by atoms with Crippen LogP contribution in [0.15, 0.2) is 133 Å². The van der Waals surface area contributed by atoms with E-state index in [2.05, 4.69) is 226 Å². The van der Waals surface area contributed by atoms with Crippen molar-refractivity contribution in [2.24, 2.45) is 0 Å². The summed E-state index contributed by atoms with van der Waals surface area (Å²) in [4.78, 5) is 74.4. The molecule has 36 heteroatoms. The van der Waals surface area contributed by atoms with Gasteiger partial charge < -0.3 is 89.2 Å². The summed E-state index contributed by atoms with van der Waals surface area (Å²) in [5, 5.41) is 22.3. The van der Waals surface area contributed by atoms with Gasteiger partial charge in [-0.1, -0.05) is 13.8 Å². The summed E-state index contributed by atoms with van der Waals surface area (Å²) in [6.07, 6.45) is 19.8. The average molecular weight is 1900 g/mol. The Kier molecular flexibility index (Phi) is 30.8. The van der Waals surface area contributed by atoms with Crippen LogP contribution in [0.4, 0.5) is 86.5 Å². The van der Waals surface area contributed by atoms with Crippen LogP contribution in [0.25, 0.3) is 33.1 Å². The van der Waals surface area contributed by atoms with E-state index in [1.54, 1.807) is 111 Å². The highest BCUT2D eigenvalue weighted by atomic mass is 79.9. The monoisotopic (exact) mass is 1900 g/mol. The smallest absolute Gasteiger partial charge is 0.229 e. The van der Waals surface area contributed by atoms with Gasteiger partial charge in [-0.2, -0.15) is 15.0 Å². The van der Waals surface area contributed by atoms with Crippen molar-refractivity contribution in [1.82, 2.24) is 84.3 Å². The predicted molar refractivity (Wildman–Crippen MR) is 542 cm³/mol. The van der Waals surface area contributed by atoms with E-state index < -0.39 is 21.4 Å². The second-order valence-electron chi connectivity index (χ2n) is 36.1. The summed E-state index contributed by atoms with van der Waals surface area (Å²) in [6, 6.07) is 25.2. The largest absolute Gasteiger partial charge is 0.494 e. The minimum absolute atomic E-state index is 0.154. The number of rotatable bonds is 27. The number of ether oxygens (including phenoxy) is 3. The molecule has 0 saturated carbocycles. The van der Waals surface area contributed by atoms with Gasteiger partial charge in [0.2, 0.25) is 17.8 Å². The number of methoxy groups -OCH3 is 3. The lowest BCUT2D eigenvalue weighted by Gasteiger charge is -2.43. The first-order chi connectivity index (χ1) is 62.6. The number of benzene rings is 6. The molecule has 4 fully saturated rings. The summed E-state index contributed by atoms with van der Waals surface area (Å²) in [5.74, 6) is 5.34. The third-order valence-corrected chi connectivity index (χ3v) is 29.8. The maximum atomic E-state index is 13.5. The molecule has 4 saturated heterocycles. The fraction of sp³-hybridized carbons (Fsp3) is 0.432. The van der Waals surface area contributed by atoms with Gasteiger partial charge >= 0.3 is 0 Å². The van der Waals surface area contributed by atoms with Gasteiger partial charge in [0, 0.05) is 213 Å². The van der Waals surface area contributed by atoms with Crippen LogP contribution in [0.2, 0.25) is 0 Å². The van der Waals surface area contributed by atoms with Crippen LogP contribution in [0.3, 0.4) is 0 Å². The number of piperazine rings is 2. The van der Waals surface area contributed by atoms with Crippen LogP contribution in [0.1, 0.15) is 73.3 Å². The molecule has 6 N–H and O–H groups in total. The van der Waals surface area contributed by atoms with E-state index in [4.69, 9.17) is 29.2 Å². The topological polar surface area (TPSA) is 332 Å². The highest BCUT2D eigenvalue weighted by molar-refractivity contribution is 9.10. The Morgan fingerprint density at radius 3 is 1.17 bits per heavy atom. The lowest BCUT2D eigenvalue weighted by Crippen LogP contribution is -2.52. The molecule has 0 aliphatic carbocycles. The minimum Gasteiger partial charge on any atom is -0.494 e. The Hall–Kier alpha value is -10.9. The van der Waals surface area contributed by atoms with Crippen molar-refractivity contribution in [1.29, 1.82) is 0 Å². The first-order valence-corrected chi connectivity index (χ1v) is 53.2. The quantitative estimate of drug-likeness (QED) is 0.0260. The fourth-order valence-electron chi connectivity index (χ4n) is 17.6. The average Bonchev–Trinajstić information content (AvgIpc) is 0.773. The second kappa shape index (κ2) is 41.9. The molecule has 0 unspecified atom stereocenters. The second-order valence-corrected chi connectivity index (χ2v) is 46.4. The number of halogens is 1. The van der Waals surface area contributed by atoms with E-state index in [0.29, 0.717) is 124 Å². The summed E-state index contributed by atoms with van der Waals surface area (Å²) >= 11 is 3.54. The number of anilines is 15. The van der Waals surface area contributed by atoms with Gasteiger partial charge in [0.05, 0.1) is 92.4 Å². The summed E-state index contributed by atoms with van der Waals surface area (Å²) in [7, 11) is 7.50. The number of fused-ring (bicyclic) bond motifs is 3. The van der Waals surface area contributed by atoms with Crippen molar-refractivity contribution < 1.29 is 27.9 Å². The van der Waals surface area contributed by atoms with Crippen molar-refractivity contribution >= 4 is 173 Å². The molecule has 10 heterocycles. The Morgan fingerprint density at radius 1 is 0.412 bits per heavy atom. The highest BCUT2D eigenvalue weighted by Crippen LogP contribution is 2.47. The molecular formula is C95H126BrN26O6P3. The third kappa shape index (κ3) is 23.3. The Morgan fingerprint density at radius 2 is 0.771 bits per heavy atom. The number of hydrogen-bond acceptors (Lipinski definition) is 32. The maximum Gasteiger partial charge on any atom is 0.229 e. The molecule has 0 amide bonds. The Balaban J connectivity index is 0.000000159. The van der Waals surface area contributed by atoms with Gasteiger partial charge in [-0.15, -0.1) is 0 Å². The molecule has 4 aliphatic heterocycles. The van der Waals surface area contributed by atoms with Crippen LogP contribution >= 0.6 is 37.4 Å². The molecule has 6 aromatic carbocycles. The first-order valence-electron chi connectivity index (χ1n) is 44.6. The van der Waals surface area contributed by atoms with E-state index >= 15 is 0 Å². The zero-order valence-electron chi connectivity index (χ0n) is 79.2. The van der Waals surface area contributed by atoms with Crippen molar-refractivity contribution in [3.8, 4) is 17.2 Å². The molecule has 0 bridgehead atoms. The first kappa shape index (κ1) is 96.2. The normalized spacial score (nSPS) is 15.4. The molecule has 694 valence electrons. The van der Waals surface area contributed by atoms with Crippen LogP contribution in [0.5, 0.6) is 17.2 Å². The number of likely N-dealkylation sites (N-methyl/N-ethyl adjacent to an activating group) is 4. The lowest BCUT2D eigenvalue weighted by atomic mass is 10.0. The van der Waals surface area contributed by atoms with Gasteiger partial charge in [0.25, 0.3) is 0 Å².